The van der Waals surface area contributed by atoms with Gasteiger partial charge >= 0.3 is 0 Å². The second kappa shape index (κ2) is 5.44. The van der Waals surface area contributed by atoms with Crippen LogP contribution in [0.5, 0.6) is 0 Å². The lowest BCUT2D eigenvalue weighted by atomic mass is 10.2. The summed E-state index contributed by atoms with van der Waals surface area (Å²) in [6.45, 7) is 4.44. The number of rotatable bonds is 3. The van der Waals surface area contributed by atoms with Crippen molar-refractivity contribution in [1.82, 2.24) is 9.78 Å². The van der Waals surface area contributed by atoms with Crippen molar-refractivity contribution >= 4 is 33.2 Å². The molecular weight excluding hydrogens is 308 g/mol. The van der Waals surface area contributed by atoms with Gasteiger partial charge in [-0.2, -0.15) is 5.10 Å². The van der Waals surface area contributed by atoms with E-state index in [4.69, 9.17) is 5.73 Å². The smallest absolute Gasteiger partial charge is 0.276 e. The first-order valence-electron chi connectivity index (χ1n) is 5.91. The summed E-state index contributed by atoms with van der Waals surface area (Å²) in [7, 11) is 0. The van der Waals surface area contributed by atoms with Crippen LogP contribution in [0.3, 0.4) is 0 Å². The minimum absolute atomic E-state index is 0.248. The van der Waals surface area contributed by atoms with Gasteiger partial charge in [-0.25, -0.2) is 0 Å². The molecule has 1 aromatic heterocycles. The molecule has 0 aliphatic rings. The molecule has 1 aromatic carbocycles. The van der Waals surface area contributed by atoms with E-state index < -0.39 is 0 Å². The maximum atomic E-state index is 12.2. The Morgan fingerprint density at radius 2 is 2.26 bits per heavy atom. The lowest BCUT2D eigenvalue weighted by Gasteiger charge is -2.10. The summed E-state index contributed by atoms with van der Waals surface area (Å²) < 4.78 is 2.56. The van der Waals surface area contributed by atoms with E-state index in [0.717, 1.165) is 15.7 Å². The standard InChI is InChI=1S/C13H15BrN4O/c1-3-18-12(10(15)7-16-18)13(19)17-11-5-4-9(14)6-8(11)2/h4-7H,3,15H2,1-2H3,(H,17,19). The van der Waals surface area contributed by atoms with E-state index in [1.807, 2.05) is 32.0 Å². The second-order valence-corrected chi connectivity index (χ2v) is 5.09. The first-order valence-corrected chi connectivity index (χ1v) is 6.71. The summed E-state index contributed by atoms with van der Waals surface area (Å²) >= 11 is 3.39. The molecule has 0 aliphatic heterocycles. The molecule has 0 saturated heterocycles. The van der Waals surface area contributed by atoms with Crippen molar-refractivity contribution in [2.75, 3.05) is 11.1 Å². The molecule has 1 amide bonds. The molecule has 19 heavy (non-hydrogen) atoms. The van der Waals surface area contributed by atoms with Crippen LogP contribution in [0.2, 0.25) is 0 Å². The van der Waals surface area contributed by atoms with E-state index in [1.54, 1.807) is 4.68 Å². The highest BCUT2D eigenvalue weighted by atomic mass is 79.9. The Morgan fingerprint density at radius 1 is 1.53 bits per heavy atom. The van der Waals surface area contributed by atoms with Crippen LogP contribution in [0, 0.1) is 6.92 Å². The number of benzene rings is 1. The number of halogens is 1. The molecule has 0 fully saturated rings. The van der Waals surface area contributed by atoms with Gasteiger partial charge < -0.3 is 11.1 Å². The molecule has 2 aromatic rings. The average Bonchev–Trinajstić information content (AvgIpc) is 2.74. The highest BCUT2D eigenvalue weighted by Crippen LogP contribution is 2.21. The number of nitrogens with one attached hydrogen (secondary N) is 1. The third kappa shape index (κ3) is 2.78. The van der Waals surface area contributed by atoms with Crippen LogP contribution in [-0.2, 0) is 6.54 Å². The predicted octanol–water partition coefficient (Wildman–Crippen LogP) is 2.81. The fraction of sp³-hybridized carbons (Fsp3) is 0.231. The zero-order chi connectivity index (χ0) is 14.0. The van der Waals surface area contributed by atoms with E-state index in [2.05, 4.69) is 26.3 Å². The van der Waals surface area contributed by atoms with E-state index >= 15 is 0 Å². The summed E-state index contributed by atoms with van der Waals surface area (Å²) in [5, 5.41) is 6.91. The minimum Gasteiger partial charge on any atom is -0.396 e. The van der Waals surface area contributed by atoms with Crippen molar-refractivity contribution in [3.63, 3.8) is 0 Å². The maximum Gasteiger partial charge on any atom is 0.276 e. The SMILES string of the molecule is CCn1ncc(N)c1C(=O)Nc1ccc(Br)cc1C. The highest BCUT2D eigenvalue weighted by Gasteiger charge is 2.16. The van der Waals surface area contributed by atoms with Crippen molar-refractivity contribution in [3.8, 4) is 0 Å². The highest BCUT2D eigenvalue weighted by molar-refractivity contribution is 9.10. The Labute approximate surface area is 119 Å². The van der Waals surface area contributed by atoms with Gasteiger partial charge in [-0.15, -0.1) is 0 Å². The lowest BCUT2D eigenvalue weighted by Crippen LogP contribution is -2.19. The van der Waals surface area contributed by atoms with Crippen molar-refractivity contribution < 1.29 is 4.79 Å². The Morgan fingerprint density at radius 3 is 2.89 bits per heavy atom. The Hall–Kier alpha value is -1.82. The first kappa shape index (κ1) is 13.6. The molecule has 1 heterocycles. The number of carbonyl (C=O) groups excluding carboxylic acids is 1. The third-order valence-corrected chi connectivity index (χ3v) is 3.31. The Kier molecular flexibility index (Phi) is 3.90. The van der Waals surface area contributed by atoms with Gasteiger partial charge in [-0.3, -0.25) is 9.48 Å². The third-order valence-electron chi connectivity index (χ3n) is 2.82. The van der Waals surface area contributed by atoms with Crippen LogP contribution in [0.4, 0.5) is 11.4 Å². The Balaban J connectivity index is 2.28. The zero-order valence-electron chi connectivity index (χ0n) is 10.8. The molecule has 0 spiro atoms. The van der Waals surface area contributed by atoms with E-state index in [0.29, 0.717) is 17.9 Å². The molecular formula is C13H15BrN4O. The van der Waals surface area contributed by atoms with Crippen molar-refractivity contribution in [1.29, 1.82) is 0 Å². The minimum atomic E-state index is -0.248. The van der Waals surface area contributed by atoms with E-state index in [-0.39, 0.29) is 5.91 Å². The van der Waals surface area contributed by atoms with Gasteiger partial charge in [0.25, 0.3) is 5.91 Å². The number of nitrogens with zero attached hydrogens (tertiary/aromatic N) is 2. The van der Waals surface area contributed by atoms with E-state index in [1.165, 1.54) is 6.20 Å². The predicted molar refractivity (Wildman–Crippen MR) is 79.1 cm³/mol. The fourth-order valence-corrected chi connectivity index (χ4v) is 2.31. The summed E-state index contributed by atoms with van der Waals surface area (Å²) in [4.78, 5) is 12.2. The molecule has 2 rings (SSSR count). The van der Waals surface area contributed by atoms with Crippen LogP contribution in [0.15, 0.2) is 28.9 Å². The van der Waals surface area contributed by atoms with Gasteiger partial charge in [-0.1, -0.05) is 15.9 Å². The quantitative estimate of drug-likeness (QED) is 0.912. The largest absolute Gasteiger partial charge is 0.396 e. The van der Waals surface area contributed by atoms with Crippen LogP contribution < -0.4 is 11.1 Å². The lowest BCUT2D eigenvalue weighted by molar-refractivity contribution is 0.101. The van der Waals surface area contributed by atoms with Gasteiger partial charge in [0.05, 0.1) is 11.9 Å². The van der Waals surface area contributed by atoms with Crippen LogP contribution in [0.1, 0.15) is 23.0 Å². The molecule has 100 valence electrons. The van der Waals surface area contributed by atoms with Crippen molar-refractivity contribution in [2.24, 2.45) is 0 Å². The number of hydrogen-bond donors (Lipinski definition) is 2. The molecule has 6 heteroatoms. The number of anilines is 2. The molecule has 0 atom stereocenters. The number of nitrogen functional groups attached to an aromatic ring is 1. The number of aryl methyl sites for hydroxylation is 2. The maximum absolute atomic E-state index is 12.2. The van der Waals surface area contributed by atoms with Gasteiger partial charge in [0.15, 0.2) is 0 Å². The Bertz CT molecular complexity index is 621. The monoisotopic (exact) mass is 322 g/mol. The van der Waals surface area contributed by atoms with Gasteiger partial charge in [-0.05, 0) is 37.6 Å². The zero-order valence-corrected chi connectivity index (χ0v) is 12.4. The number of hydrogen-bond acceptors (Lipinski definition) is 3. The van der Waals surface area contributed by atoms with Gasteiger partial charge in [0.1, 0.15) is 5.69 Å². The second-order valence-electron chi connectivity index (χ2n) is 4.18. The number of nitrogens with two attached hydrogens (primary N) is 1. The molecule has 0 aliphatic carbocycles. The average molecular weight is 323 g/mol. The topological polar surface area (TPSA) is 72.9 Å². The molecule has 0 radical (unpaired) electrons. The van der Waals surface area contributed by atoms with Crippen molar-refractivity contribution in [2.45, 2.75) is 20.4 Å². The van der Waals surface area contributed by atoms with E-state index in [9.17, 15) is 4.79 Å². The molecule has 0 unspecified atom stereocenters. The molecule has 3 N–H and O–H groups in total. The van der Waals surface area contributed by atoms with Crippen LogP contribution in [-0.4, -0.2) is 15.7 Å². The number of carbonyl (C=O) groups is 1. The first-order chi connectivity index (χ1) is 9.02. The summed E-state index contributed by atoms with van der Waals surface area (Å²) in [6.07, 6.45) is 1.49. The normalized spacial score (nSPS) is 10.5. The fourth-order valence-electron chi connectivity index (χ4n) is 1.84. The van der Waals surface area contributed by atoms with Gasteiger partial charge in [0, 0.05) is 16.7 Å². The van der Waals surface area contributed by atoms with Crippen LogP contribution >= 0.6 is 15.9 Å². The number of aromatic nitrogens is 2. The van der Waals surface area contributed by atoms with Crippen molar-refractivity contribution in [3.05, 3.63) is 40.1 Å². The number of amides is 1. The molecule has 5 nitrogen and oxygen atoms in total. The van der Waals surface area contributed by atoms with Gasteiger partial charge in [0.2, 0.25) is 0 Å². The van der Waals surface area contributed by atoms with Crippen LogP contribution in [0.25, 0.3) is 0 Å². The summed E-state index contributed by atoms with van der Waals surface area (Å²) in [5.74, 6) is -0.248. The molecule has 0 saturated carbocycles. The summed E-state index contributed by atoms with van der Waals surface area (Å²) in [6, 6.07) is 5.67. The molecule has 0 bridgehead atoms. The summed E-state index contributed by atoms with van der Waals surface area (Å²) in [5.41, 5.74) is 8.30.